The number of ether oxygens (including phenoxy) is 1. The van der Waals surface area contributed by atoms with Gasteiger partial charge < -0.3 is 10.5 Å². The maximum atomic E-state index is 11.5. The highest BCUT2D eigenvalue weighted by atomic mass is 16.5. The number of carbonyl (C=O) groups excluding carboxylic acids is 1. The van der Waals surface area contributed by atoms with E-state index in [4.69, 9.17) is 10.5 Å². The van der Waals surface area contributed by atoms with Crippen LogP contribution in [0, 0.1) is 0 Å². The third-order valence-corrected chi connectivity index (χ3v) is 1.84. The van der Waals surface area contributed by atoms with Gasteiger partial charge in [-0.2, -0.15) is 5.10 Å². The van der Waals surface area contributed by atoms with E-state index in [2.05, 4.69) is 10.2 Å². The average molecular weight is 203 g/mol. The molecule has 0 aliphatic carbocycles. The first-order valence-corrected chi connectivity index (χ1v) is 4.34. The summed E-state index contributed by atoms with van der Waals surface area (Å²) in [6.45, 7) is 0. The fourth-order valence-electron chi connectivity index (χ4n) is 1.11. The van der Waals surface area contributed by atoms with Crippen molar-refractivity contribution in [3.8, 4) is 5.75 Å². The Morgan fingerprint density at radius 3 is 2.67 bits per heavy atom. The van der Waals surface area contributed by atoms with Crippen LogP contribution in [-0.2, 0) is 0 Å². The van der Waals surface area contributed by atoms with Crippen LogP contribution < -0.4 is 10.5 Å². The lowest BCUT2D eigenvalue weighted by molar-refractivity contribution is 0.0736. The van der Waals surface area contributed by atoms with E-state index in [1.54, 1.807) is 24.3 Å². The second-order valence-corrected chi connectivity index (χ2v) is 2.89. The van der Waals surface area contributed by atoms with Crippen LogP contribution in [0.15, 0.2) is 36.5 Å². The number of esters is 1. The largest absolute Gasteiger partial charge is 0.423 e. The SMILES string of the molecule is Nc1n[nH]cc1C(=O)Oc1ccccc1. The molecule has 2 rings (SSSR count). The number of H-pyrrole nitrogens is 1. The molecule has 0 atom stereocenters. The molecule has 0 bridgehead atoms. The first-order valence-electron chi connectivity index (χ1n) is 4.34. The molecule has 0 unspecified atom stereocenters. The monoisotopic (exact) mass is 203 g/mol. The minimum Gasteiger partial charge on any atom is -0.423 e. The molecule has 0 amide bonds. The highest BCUT2D eigenvalue weighted by Gasteiger charge is 2.13. The molecule has 3 N–H and O–H groups in total. The molecule has 0 spiro atoms. The topological polar surface area (TPSA) is 81.0 Å². The summed E-state index contributed by atoms with van der Waals surface area (Å²) in [6.07, 6.45) is 1.40. The number of anilines is 1. The molecular formula is C10H9N3O2. The lowest BCUT2D eigenvalue weighted by Crippen LogP contribution is -2.09. The number of hydrogen-bond acceptors (Lipinski definition) is 4. The summed E-state index contributed by atoms with van der Waals surface area (Å²) in [5, 5.41) is 6.12. The second-order valence-electron chi connectivity index (χ2n) is 2.89. The van der Waals surface area contributed by atoms with Crippen LogP contribution in [-0.4, -0.2) is 16.2 Å². The number of aromatic amines is 1. The molecule has 5 heteroatoms. The Morgan fingerprint density at radius 2 is 2.07 bits per heavy atom. The molecule has 1 heterocycles. The van der Waals surface area contributed by atoms with Gasteiger partial charge >= 0.3 is 5.97 Å². The van der Waals surface area contributed by atoms with Crippen molar-refractivity contribution in [3.63, 3.8) is 0 Å². The molecule has 5 nitrogen and oxygen atoms in total. The Hall–Kier alpha value is -2.30. The quantitative estimate of drug-likeness (QED) is 0.567. The van der Waals surface area contributed by atoms with Crippen LogP contribution in [0.2, 0.25) is 0 Å². The normalized spacial score (nSPS) is 9.87. The van der Waals surface area contributed by atoms with E-state index in [0.717, 1.165) is 0 Å². The molecular weight excluding hydrogens is 194 g/mol. The number of nitrogens with one attached hydrogen (secondary N) is 1. The van der Waals surface area contributed by atoms with Gasteiger partial charge in [-0.3, -0.25) is 5.10 Å². The van der Waals surface area contributed by atoms with Gasteiger partial charge in [0, 0.05) is 6.20 Å². The number of aromatic nitrogens is 2. The number of carbonyl (C=O) groups is 1. The highest BCUT2D eigenvalue weighted by molar-refractivity contribution is 5.95. The van der Waals surface area contributed by atoms with Gasteiger partial charge in [-0.25, -0.2) is 4.79 Å². The number of hydrogen-bond donors (Lipinski definition) is 2. The van der Waals surface area contributed by atoms with Crippen LogP contribution in [0.25, 0.3) is 0 Å². The Balaban J connectivity index is 2.15. The van der Waals surface area contributed by atoms with Crippen molar-refractivity contribution in [1.82, 2.24) is 10.2 Å². The highest BCUT2D eigenvalue weighted by Crippen LogP contribution is 2.13. The Kier molecular flexibility index (Phi) is 2.37. The van der Waals surface area contributed by atoms with Crippen LogP contribution in [0.1, 0.15) is 10.4 Å². The Morgan fingerprint density at radius 1 is 1.33 bits per heavy atom. The van der Waals surface area contributed by atoms with Crippen LogP contribution >= 0.6 is 0 Å². The molecule has 0 radical (unpaired) electrons. The van der Waals surface area contributed by atoms with Gasteiger partial charge in [-0.15, -0.1) is 0 Å². The van der Waals surface area contributed by atoms with Crippen molar-refractivity contribution < 1.29 is 9.53 Å². The predicted molar refractivity (Wildman–Crippen MR) is 54.4 cm³/mol. The fourth-order valence-corrected chi connectivity index (χ4v) is 1.11. The van der Waals surface area contributed by atoms with Gasteiger partial charge in [0.15, 0.2) is 5.82 Å². The number of rotatable bonds is 2. The zero-order valence-corrected chi connectivity index (χ0v) is 7.81. The third-order valence-electron chi connectivity index (χ3n) is 1.84. The summed E-state index contributed by atoms with van der Waals surface area (Å²) >= 11 is 0. The maximum absolute atomic E-state index is 11.5. The van der Waals surface area contributed by atoms with Crippen LogP contribution in [0.4, 0.5) is 5.82 Å². The molecule has 0 saturated heterocycles. The Labute approximate surface area is 85.9 Å². The fraction of sp³-hybridized carbons (Fsp3) is 0. The van der Waals surface area contributed by atoms with E-state index in [-0.39, 0.29) is 11.4 Å². The van der Waals surface area contributed by atoms with Crippen molar-refractivity contribution in [1.29, 1.82) is 0 Å². The molecule has 2 aromatic rings. The van der Waals surface area contributed by atoms with Crippen molar-refractivity contribution in [3.05, 3.63) is 42.1 Å². The maximum Gasteiger partial charge on any atom is 0.348 e. The van der Waals surface area contributed by atoms with Crippen molar-refractivity contribution in [2.45, 2.75) is 0 Å². The molecule has 0 fully saturated rings. The molecule has 1 aromatic heterocycles. The van der Waals surface area contributed by atoms with E-state index in [9.17, 15) is 4.79 Å². The van der Waals surface area contributed by atoms with E-state index in [1.165, 1.54) is 6.20 Å². The van der Waals surface area contributed by atoms with E-state index >= 15 is 0 Å². The lowest BCUT2D eigenvalue weighted by Gasteiger charge is -2.01. The molecule has 0 aliphatic heterocycles. The van der Waals surface area contributed by atoms with Gasteiger partial charge in [0.2, 0.25) is 0 Å². The summed E-state index contributed by atoms with van der Waals surface area (Å²) < 4.78 is 5.06. The van der Waals surface area contributed by atoms with Crippen molar-refractivity contribution in [2.24, 2.45) is 0 Å². The summed E-state index contributed by atoms with van der Waals surface area (Å²) in [5.41, 5.74) is 5.69. The first kappa shape index (κ1) is 9.26. The van der Waals surface area contributed by atoms with Gasteiger partial charge in [0.1, 0.15) is 11.3 Å². The Bertz CT molecular complexity index is 465. The van der Waals surface area contributed by atoms with Gasteiger partial charge in [0.25, 0.3) is 0 Å². The molecule has 1 aromatic carbocycles. The smallest absolute Gasteiger partial charge is 0.348 e. The minimum atomic E-state index is -0.521. The average Bonchev–Trinajstić information content (AvgIpc) is 2.66. The van der Waals surface area contributed by atoms with Crippen molar-refractivity contribution in [2.75, 3.05) is 5.73 Å². The molecule has 0 aliphatic rings. The summed E-state index contributed by atoms with van der Waals surface area (Å²) in [5.74, 6) is 0.0893. The van der Waals surface area contributed by atoms with E-state index < -0.39 is 5.97 Å². The zero-order valence-electron chi connectivity index (χ0n) is 7.81. The predicted octanol–water partition coefficient (Wildman–Crippen LogP) is 1.21. The first-order chi connectivity index (χ1) is 7.27. The van der Waals surface area contributed by atoms with Crippen molar-refractivity contribution >= 4 is 11.8 Å². The lowest BCUT2D eigenvalue weighted by atomic mass is 10.3. The minimum absolute atomic E-state index is 0.135. The second kappa shape index (κ2) is 3.83. The summed E-state index contributed by atoms with van der Waals surface area (Å²) in [7, 11) is 0. The standard InChI is InChI=1S/C10H9N3O2/c11-9-8(6-12-13-9)10(14)15-7-4-2-1-3-5-7/h1-6H,(H3,11,12,13). The third kappa shape index (κ3) is 1.96. The van der Waals surface area contributed by atoms with Gasteiger partial charge in [-0.1, -0.05) is 18.2 Å². The zero-order chi connectivity index (χ0) is 10.7. The van der Waals surface area contributed by atoms with Gasteiger partial charge in [0.05, 0.1) is 0 Å². The van der Waals surface area contributed by atoms with Gasteiger partial charge in [-0.05, 0) is 12.1 Å². The van der Waals surface area contributed by atoms with Crippen LogP contribution in [0.5, 0.6) is 5.75 Å². The summed E-state index contributed by atoms with van der Waals surface area (Å²) in [4.78, 5) is 11.5. The van der Waals surface area contributed by atoms with E-state index in [1.807, 2.05) is 6.07 Å². The summed E-state index contributed by atoms with van der Waals surface area (Å²) in [6, 6.07) is 8.77. The molecule has 76 valence electrons. The molecule has 15 heavy (non-hydrogen) atoms. The van der Waals surface area contributed by atoms with Crippen LogP contribution in [0.3, 0.4) is 0 Å². The number of para-hydroxylation sites is 1. The number of nitrogens with zero attached hydrogens (tertiary/aromatic N) is 1. The number of nitrogens with two attached hydrogens (primary N) is 1. The van der Waals surface area contributed by atoms with E-state index in [0.29, 0.717) is 5.75 Å². The molecule has 0 saturated carbocycles. The number of nitrogen functional groups attached to an aromatic ring is 1. The number of benzene rings is 1.